The molecule has 0 bridgehead atoms. The standard InChI is InChI=1S/C17H30F3N/c1-2-11-21-16(12-13-7-3-4-8-13)14-9-5-6-10-15(14)17(18,19)20/h13-16,21H,2-12H2,1H3. The largest absolute Gasteiger partial charge is 0.392 e. The molecule has 2 rings (SSSR count). The van der Waals surface area contributed by atoms with Crippen LogP contribution >= 0.6 is 0 Å². The highest BCUT2D eigenvalue weighted by atomic mass is 19.4. The lowest BCUT2D eigenvalue weighted by Crippen LogP contribution is -2.46. The van der Waals surface area contributed by atoms with E-state index < -0.39 is 12.1 Å². The maximum atomic E-state index is 13.4. The topological polar surface area (TPSA) is 12.0 Å². The minimum atomic E-state index is -4.02. The third-order valence-corrected chi connectivity index (χ3v) is 5.48. The Morgan fingerprint density at radius 2 is 1.62 bits per heavy atom. The molecule has 0 amide bonds. The van der Waals surface area contributed by atoms with Gasteiger partial charge in [0.1, 0.15) is 0 Å². The summed E-state index contributed by atoms with van der Waals surface area (Å²) in [5, 5.41) is 3.47. The average Bonchev–Trinajstić information content (AvgIpc) is 2.95. The molecule has 2 aliphatic carbocycles. The van der Waals surface area contributed by atoms with Crippen LogP contribution < -0.4 is 5.32 Å². The summed E-state index contributed by atoms with van der Waals surface area (Å²) in [6.07, 6.45) is 5.67. The molecule has 0 aromatic heterocycles. The van der Waals surface area contributed by atoms with E-state index in [9.17, 15) is 13.2 Å². The van der Waals surface area contributed by atoms with Gasteiger partial charge in [0.05, 0.1) is 5.92 Å². The molecule has 0 aliphatic heterocycles. The predicted molar refractivity (Wildman–Crippen MR) is 80.2 cm³/mol. The highest BCUT2D eigenvalue weighted by Gasteiger charge is 2.47. The number of nitrogens with one attached hydrogen (secondary N) is 1. The molecule has 3 unspecified atom stereocenters. The Hall–Kier alpha value is -0.250. The quantitative estimate of drug-likeness (QED) is 0.702. The predicted octanol–water partition coefficient (Wildman–Crippen LogP) is 5.30. The summed E-state index contributed by atoms with van der Waals surface area (Å²) in [6.45, 7) is 2.93. The van der Waals surface area contributed by atoms with Crippen molar-refractivity contribution in [2.24, 2.45) is 17.8 Å². The lowest BCUT2D eigenvalue weighted by molar-refractivity contribution is -0.199. The number of alkyl halides is 3. The van der Waals surface area contributed by atoms with E-state index in [4.69, 9.17) is 0 Å². The van der Waals surface area contributed by atoms with Crippen molar-refractivity contribution in [2.45, 2.75) is 83.4 Å². The molecule has 0 radical (unpaired) electrons. The van der Waals surface area contributed by atoms with Crippen molar-refractivity contribution < 1.29 is 13.2 Å². The molecule has 1 nitrogen and oxygen atoms in total. The Bertz CT molecular complexity index is 297. The van der Waals surface area contributed by atoms with Gasteiger partial charge in [0.25, 0.3) is 0 Å². The monoisotopic (exact) mass is 305 g/mol. The summed E-state index contributed by atoms with van der Waals surface area (Å²) < 4.78 is 40.1. The van der Waals surface area contributed by atoms with Crippen molar-refractivity contribution in [1.82, 2.24) is 5.32 Å². The van der Waals surface area contributed by atoms with Gasteiger partial charge in [0.15, 0.2) is 0 Å². The number of hydrogen-bond donors (Lipinski definition) is 1. The van der Waals surface area contributed by atoms with E-state index in [1.807, 2.05) is 0 Å². The van der Waals surface area contributed by atoms with Crippen LogP contribution in [0, 0.1) is 17.8 Å². The Morgan fingerprint density at radius 1 is 1.00 bits per heavy atom. The summed E-state index contributed by atoms with van der Waals surface area (Å²) in [4.78, 5) is 0. The van der Waals surface area contributed by atoms with Crippen LogP contribution in [0.3, 0.4) is 0 Å². The molecule has 21 heavy (non-hydrogen) atoms. The van der Waals surface area contributed by atoms with Gasteiger partial charge in [-0.05, 0) is 44.1 Å². The lowest BCUT2D eigenvalue weighted by Gasteiger charge is -2.39. The molecule has 1 N–H and O–H groups in total. The molecule has 0 heterocycles. The van der Waals surface area contributed by atoms with Crippen LogP contribution in [0.25, 0.3) is 0 Å². The highest BCUT2D eigenvalue weighted by Crippen LogP contribution is 2.44. The molecule has 2 saturated carbocycles. The van der Waals surface area contributed by atoms with E-state index in [0.29, 0.717) is 12.3 Å². The molecule has 0 saturated heterocycles. The van der Waals surface area contributed by atoms with Crippen molar-refractivity contribution >= 4 is 0 Å². The third-order valence-electron chi connectivity index (χ3n) is 5.48. The highest BCUT2D eigenvalue weighted by molar-refractivity contribution is 4.90. The molecular weight excluding hydrogens is 275 g/mol. The van der Waals surface area contributed by atoms with Crippen LogP contribution in [0.1, 0.15) is 71.1 Å². The summed E-state index contributed by atoms with van der Waals surface area (Å²) in [5.41, 5.74) is 0. The van der Waals surface area contributed by atoms with Gasteiger partial charge >= 0.3 is 6.18 Å². The van der Waals surface area contributed by atoms with Crippen LogP contribution in [-0.2, 0) is 0 Å². The van der Waals surface area contributed by atoms with Crippen molar-refractivity contribution in [1.29, 1.82) is 0 Å². The minimum Gasteiger partial charge on any atom is -0.314 e. The SMILES string of the molecule is CCCNC(CC1CCCC1)C1CCCCC1C(F)(F)F. The fraction of sp³-hybridized carbons (Fsp3) is 1.00. The minimum absolute atomic E-state index is 0.0694. The first-order chi connectivity index (χ1) is 10.0. The normalized spacial score (nSPS) is 29.7. The van der Waals surface area contributed by atoms with Crippen molar-refractivity contribution in [3.05, 3.63) is 0 Å². The number of hydrogen-bond acceptors (Lipinski definition) is 1. The van der Waals surface area contributed by atoms with Crippen molar-refractivity contribution in [3.8, 4) is 0 Å². The fourth-order valence-electron chi connectivity index (χ4n) is 4.39. The second-order valence-electron chi connectivity index (χ2n) is 7.04. The molecule has 3 atom stereocenters. The van der Waals surface area contributed by atoms with Crippen LogP contribution in [0.4, 0.5) is 13.2 Å². The van der Waals surface area contributed by atoms with E-state index in [2.05, 4.69) is 12.2 Å². The molecule has 2 fully saturated rings. The summed E-state index contributed by atoms with van der Waals surface area (Å²) in [7, 11) is 0. The molecule has 0 aromatic rings. The maximum absolute atomic E-state index is 13.4. The number of rotatable bonds is 6. The van der Waals surface area contributed by atoms with Gasteiger partial charge in [-0.3, -0.25) is 0 Å². The average molecular weight is 305 g/mol. The summed E-state index contributed by atoms with van der Waals surface area (Å²) in [6, 6.07) is 0.0694. The first-order valence-electron chi connectivity index (χ1n) is 8.82. The van der Waals surface area contributed by atoms with Crippen molar-refractivity contribution in [3.63, 3.8) is 0 Å². The maximum Gasteiger partial charge on any atom is 0.392 e. The smallest absolute Gasteiger partial charge is 0.314 e. The zero-order chi connectivity index (χ0) is 15.3. The zero-order valence-corrected chi connectivity index (χ0v) is 13.2. The van der Waals surface area contributed by atoms with Crippen LogP contribution in [-0.4, -0.2) is 18.8 Å². The van der Waals surface area contributed by atoms with Crippen LogP contribution in [0.5, 0.6) is 0 Å². The van der Waals surface area contributed by atoms with E-state index in [1.165, 1.54) is 25.7 Å². The van der Waals surface area contributed by atoms with E-state index >= 15 is 0 Å². The van der Waals surface area contributed by atoms with Gasteiger partial charge in [0, 0.05) is 6.04 Å². The lowest BCUT2D eigenvalue weighted by atomic mass is 9.72. The molecule has 0 aromatic carbocycles. The van der Waals surface area contributed by atoms with Crippen LogP contribution in [0.2, 0.25) is 0 Å². The summed E-state index contributed by atoms with van der Waals surface area (Å²) >= 11 is 0. The molecule has 4 heteroatoms. The number of halogens is 3. The molecule has 124 valence electrons. The second-order valence-corrected chi connectivity index (χ2v) is 7.04. The molecule has 2 aliphatic rings. The van der Waals surface area contributed by atoms with Gasteiger partial charge in [-0.2, -0.15) is 13.2 Å². The van der Waals surface area contributed by atoms with Gasteiger partial charge in [0.2, 0.25) is 0 Å². The summed E-state index contributed by atoms with van der Waals surface area (Å²) in [5.74, 6) is -0.636. The van der Waals surface area contributed by atoms with Crippen molar-refractivity contribution in [2.75, 3.05) is 6.54 Å². The van der Waals surface area contributed by atoms with Gasteiger partial charge in [-0.25, -0.2) is 0 Å². The fourth-order valence-corrected chi connectivity index (χ4v) is 4.39. The first kappa shape index (κ1) is 17.1. The van der Waals surface area contributed by atoms with Gasteiger partial charge in [-0.15, -0.1) is 0 Å². The van der Waals surface area contributed by atoms with E-state index in [1.54, 1.807) is 0 Å². The first-order valence-corrected chi connectivity index (χ1v) is 8.82. The zero-order valence-electron chi connectivity index (χ0n) is 13.2. The Morgan fingerprint density at radius 3 is 2.24 bits per heavy atom. The molecule has 0 spiro atoms. The Labute approximate surface area is 127 Å². The van der Waals surface area contributed by atoms with Gasteiger partial charge < -0.3 is 5.32 Å². The van der Waals surface area contributed by atoms with E-state index in [-0.39, 0.29) is 12.0 Å². The Balaban J connectivity index is 2.04. The van der Waals surface area contributed by atoms with Crippen LogP contribution in [0.15, 0.2) is 0 Å². The third kappa shape index (κ3) is 4.87. The van der Waals surface area contributed by atoms with Gasteiger partial charge in [-0.1, -0.05) is 45.4 Å². The Kier molecular flexibility index (Phi) is 6.39. The second kappa shape index (κ2) is 7.85. The molecular formula is C17H30F3N. The van der Waals surface area contributed by atoms with E-state index in [0.717, 1.165) is 38.6 Å².